The van der Waals surface area contributed by atoms with Crippen LogP contribution < -0.4 is 14.8 Å². The van der Waals surface area contributed by atoms with Crippen LogP contribution in [0.3, 0.4) is 0 Å². The average Bonchev–Trinajstić information content (AvgIpc) is 2.80. The van der Waals surface area contributed by atoms with E-state index in [1.807, 2.05) is 0 Å². The van der Waals surface area contributed by atoms with E-state index in [0.717, 1.165) is 5.56 Å². The monoisotopic (exact) mass is 263 g/mol. The first kappa shape index (κ1) is 11.8. The highest BCUT2D eigenvalue weighted by Crippen LogP contribution is 2.37. The molecule has 1 aromatic carbocycles. The predicted octanol–water partition coefficient (Wildman–Crippen LogP) is 0.720. The van der Waals surface area contributed by atoms with E-state index in [9.17, 15) is 9.59 Å². The Morgan fingerprint density at radius 1 is 1.26 bits per heavy atom. The van der Waals surface area contributed by atoms with E-state index in [1.165, 1.54) is 0 Å². The van der Waals surface area contributed by atoms with Gasteiger partial charge in [-0.05, 0) is 17.7 Å². The molecule has 0 saturated carbocycles. The Bertz CT molecular complexity index is 542. The van der Waals surface area contributed by atoms with Gasteiger partial charge in [-0.3, -0.25) is 9.59 Å². The minimum atomic E-state index is -0.974. The van der Waals surface area contributed by atoms with E-state index in [4.69, 9.17) is 14.6 Å². The quantitative estimate of drug-likeness (QED) is 0.821. The van der Waals surface area contributed by atoms with E-state index in [1.54, 1.807) is 18.2 Å². The number of rotatable bonds is 2. The Hall–Kier alpha value is -2.24. The van der Waals surface area contributed by atoms with Crippen LogP contribution >= 0.6 is 0 Å². The molecule has 2 aliphatic heterocycles. The van der Waals surface area contributed by atoms with Crippen LogP contribution in [0, 0.1) is 5.92 Å². The maximum atomic E-state index is 11.4. The number of carbonyl (C=O) groups excluding carboxylic acids is 1. The van der Waals surface area contributed by atoms with Crippen LogP contribution in [0.5, 0.6) is 11.5 Å². The molecule has 6 nitrogen and oxygen atoms in total. The third kappa shape index (κ3) is 2.09. The molecular formula is C13H13NO5. The number of aliphatic carboxylic acids is 1. The van der Waals surface area contributed by atoms with Gasteiger partial charge in [0.1, 0.15) is 13.2 Å². The van der Waals surface area contributed by atoms with Gasteiger partial charge < -0.3 is 19.9 Å². The molecule has 2 aliphatic rings. The minimum Gasteiger partial charge on any atom is -0.486 e. The van der Waals surface area contributed by atoms with Crippen molar-refractivity contribution in [2.45, 2.75) is 12.5 Å². The molecule has 0 bridgehead atoms. The number of ether oxygens (including phenoxy) is 2. The molecule has 100 valence electrons. The van der Waals surface area contributed by atoms with Gasteiger partial charge in [-0.25, -0.2) is 0 Å². The number of fused-ring (bicyclic) bond motifs is 1. The van der Waals surface area contributed by atoms with Crippen LogP contribution in [0.1, 0.15) is 18.0 Å². The number of hydrogen-bond acceptors (Lipinski definition) is 4. The van der Waals surface area contributed by atoms with Crippen molar-refractivity contribution in [2.75, 3.05) is 13.2 Å². The molecule has 0 unspecified atom stereocenters. The van der Waals surface area contributed by atoms with Crippen LogP contribution in [0.25, 0.3) is 0 Å². The Kier molecular flexibility index (Phi) is 2.77. The van der Waals surface area contributed by atoms with Gasteiger partial charge in [-0.2, -0.15) is 0 Å². The van der Waals surface area contributed by atoms with Crippen molar-refractivity contribution in [3.05, 3.63) is 23.8 Å². The lowest BCUT2D eigenvalue weighted by atomic mass is 9.94. The summed E-state index contributed by atoms with van der Waals surface area (Å²) in [5, 5.41) is 11.8. The third-order valence-electron chi connectivity index (χ3n) is 3.37. The SMILES string of the molecule is O=C1C[C@H](C(=O)O)[C@@H](c2ccc3c(c2)OCCO3)N1. The lowest BCUT2D eigenvalue weighted by Crippen LogP contribution is -2.24. The van der Waals surface area contributed by atoms with Gasteiger partial charge in [-0.15, -0.1) is 0 Å². The standard InChI is InChI=1S/C13H13NO5/c15-11-6-8(13(16)17)12(14-11)7-1-2-9-10(5-7)19-4-3-18-9/h1-2,5,8,12H,3-4,6H2,(H,14,15)(H,16,17)/t8-,12+/m0/s1. The van der Waals surface area contributed by atoms with Crippen LogP contribution in [0.4, 0.5) is 0 Å². The number of nitrogens with one attached hydrogen (secondary N) is 1. The molecule has 2 atom stereocenters. The first-order chi connectivity index (χ1) is 9.15. The van der Waals surface area contributed by atoms with Crippen molar-refractivity contribution >= 4 is 11.9 Å². The topological polar surface area (TPSA) is 84.9 Å². The van der Waals surface area contributed by atoms with Gasteiger partial charge in [0, 0.05) is 6.42 Å². The number of amides is 1. The maximum absolute atomic E-state index is 11.4. The summed E-state index contributed by atoms with van der Waals surface area (Å²) in [6.45, 7) is 0.972. The number of carboxylic acids is 1. The fourth-order valence-corrected chi connectivity index (χ4v) is 2.45. The van der Waals surface area contributed by atoms with Gasteiger partial charge in [0.2, 0.25) is 5.91 Å². The summed E-state index contributed by atoms with van der Waals surface area (Å²) in [5.41, 5.74) is 0.725. The second-order valence-corrected chi connectivity index (χ2v) is 4.60. The molecule has 1 saturated heterocycles. The molecule has 2 N–H and O–H groups in total. The number of benzene rings is 1. The molecule has 0 spiro atoms. The zero-order chi connectivity index (χ0) is 13.4. The first-order valence-electron chi connectivity index (χ1n) is 6.07. The highest BCUT2D eigenvalue weighted by Gasteiger charge is 2.38. The van der Waals surface area contributed by atoms with Crippen molar-refractivity contribution in [3.63, 3.8) is 0 Å². The highest BCUT2D eigenvalue weighted by atomic mass is 16.6. The lowest BCUT2D eigenvalue weighted by molar-refractivity contribution is -0.142. The Labute approximate surface area is 109 Å². The largest absolute Gasteiger partial charge is 0.486 e. The summed E-state index contributed by atoms with van der Waals surface area (Å²) in [6.07, 6.45) is 0.00837. The molecule has 1 amide bonds. The Morgan fingerprint density at radius 2 is 2.00 bits per heavy atom. The number of carboxylic acid groups (broad SMARTS) is 1. The van der Waals surface area contributed by atoms with Crippen molar-refractivity contribution in [2.24, 2.45) is 5.92 Å². The van der Waals surface area contributed by atoms with E-state index in [2.05, 4.69) is 5.32 Å². The van der Waals surface area contributed by atoms with Gasteiger partial charge in [0.05, 0.1) is 12.0 Å². The number of carbonyl (C=O) groups is 2. The summed E-state index contributed by atoms with van der Waals surface area (Å²) >= 11 is 0. The molecule has 0 aromatic heterocycles. The van der Waals surface area contributed by atoms with Gasteiger partial charge in [0.25, 0.3) is 0 Å². The molecular weight excluding hydrogens is 250 g/mol. The summed E-state index contributed by atoms with van der Waals surface area (Å²) in [7, 11) is 0. The predicted molar refractivity (Wildman–Crippen MR) is 64.1 cm³/mol. The molecule has 2 heterocycles. The van der Waals surface area contributed by atoms with Crippen molar-refractivity contribution in [1.29, 1.82) is 0 Å². The molecule has 1 fully saturated rings. The van der Waals surface area contributed by atoms with Crippen molar-refractivity contribution < 1.29 is 24.2 Å². The first-order valence-corrected chi connectivity index (χ1v) is 6.07. The molecule has 0 aliphatic carbocycles. The summed E-state index contributed by atoms with van der Waals surface area (Å²) in [4.78, 5) is 22.6. The average molecular weight is 263 g/mol. The zero-order valence-corrected chi connectivity index (χ0v) is 10.1. The van der Waals surface area contributed by atoms with E-state index < -0.39 is 17.9 Å². The molecule has 0 radical (unpaired) electrons. The van der Waals surface area contributed by atoms with Crippen LogP contribution in [0.2, 0.25) is 0 Å². The lowest BCUT2D eigenvalue weighted by Gasteiger charge is -2.21. The summed E-state index contributed by atoms with van der Waals surface area (Å²) in [5.74, 6) is -0.721. The maximum Gasteiger partial charge on any atom is 0.309 e. The molecule has 3 rings (SSSR count). The second kappa shape index (κ2) is 4.46. The summed E-state index contributed by atoms with van der Waals surface area (Å²) in [6, 6.07) is 4.73. The van der Waals surface area contributed by atoms with Crippen LogP contribution in [0.15, 0.2) is 18.2 Å². The fraction of sp³-hybridized carbons (Fsp3) is 0.385. The minimum absolute atomic E-state index is 0.00837. The van der Waals surface area contributed by atoms with Crippen LogP contribution in [-0.2, 0) is 9.59 Å². The smallest absolute Gasteiger partial charge is 0.309 e. The van der Waals surface area contributed by atoms with Crippen molar-refractivity contribution in [3.8, 4) is 11.5 Å². The Morgan fingerprint density at radius 3 is 2.74 bits per heavy atom. The van der Waals surface area contributed by atoms with Gasteiger partial charge in [-0.1, -0.05) is 6.07 Å². The highest BCUT2D eigenvalue weighted by molar-refractivity contribution is 5.87. The third-order valence-corrected chi connectivity index (χ3v) is 3.37. The molecule has 6 heteroatoms. The van der Waals surface area contributed by atoms with Gasteiger partial charge >= 0.3 is 5.97 Å². The zero-order valence-electron chi connectivity index (χ0n) is 10.1. The Balaban J connectivity index is 1.93. The number of hydrogen-bond donors (Lipinski definition) is 2. The molecule has 1 aromatic rings. The summed E-state index contributed by atoms with van der Waals surface area (Å²) < 4.78 is 10.9. The van der Waals surface area contributed by atoms with E-state index >= 15 is 0 Å². The fourth-order valence-electron chi connectivity index (χ4n) is 2.45. The van der Waals surface area contributed by atoms with E-state index in [0.29, 0.717) is 24.7 Å². The van der Waals surface area contributed by atoms with Crippen LogP contribution in [-0.4, -0.2) is 30.2 Å². The second-order valence-electron chi connectivity index (χ2n) is 4.60. The van der Waals surface area contributed by atoms with Gasteiger partial charge in [0.15, 0.2) is 11.5 Å². The van der Waals surface area contributed by atoms with E-state index in [-0.39, 0.29) is 12.3 Å². The molecule has 19 heavy (non-hydrogen) atoms. The van der Waals surface area contributed by atoms with Crippen molar-refractivity contribution in [1.82, 2.24) is 5.32 Å². The normalized spacial score (nSPS) is 24.9.